The molecule has 1 fully saturated rings. The van der Waals surface area contributed by atoms with E-state index in [1.807, 2.05) is 39.9 Å². The van der Waals surface area contributed by atoms with Crippen LogP contribution in [0, 0.1) is 0 Å². The van der Waals surface area contributed by atoms with E-state index in [9.17, 15) is 4.79 Å². The van der Waals surface area contributed by atoms with Crippen LogP contribution in [0.25, 0.3) is 5.57 Å². The van der Waals surface area contributed by atoms with Gasteiger partial charge in [0.15, 0.2) is 5.69 Å². The van der Waals surface area contributed by atoms with Gasteiger partial charge in [0.05, 0.1) is 18.9 Å². The van der Waals surface area contributed by atoms with Crippen molar-refractivity contribution in [2.24, 2.45) is 0 Å². The molecule has 3 heterocycles. The topological polar surface area (TPSA) is 47.4 Å². The molecule has 4 rings (SSSR count). The van der Waals surface area contributed by atoms with Crippen molar-refractivity contribution >= 4 is 23.2 Å². The predicted octanol–water partition coefficient (Wildman–Crippen LogP) is 3.93. The third-order valence-corrected chi connectivity index (χ3v) is 6.42. The second kappa shape index (κ2) is 8.84. The number of amides is 1. The Bertz CT molecular complexity index is 956. The van der Waals surface area contributed by atoms with Crippen molar-refractivity contribution in [3.05, 3.63) is 83.1 Å². The van der Waals surface area contributed by atoms with Crippen molar-refractivity contribution in [2.45, 2.75) is 18.7 Å². The van der Waals surface area contributed by atoms with E-state index in [0.29, 0.717) is 44.3 Å². The summed E-state index contributed by atoms with van der Waals surface area (Å²) < 4.78 is 7.38. The summed E-state index contributed by atoms with van der Waals surface area (Å²) in [6.07, 6.45) is 4.56. The molecule has 0 bridgehead atoms. The van der Waals surface area contributed by atoms with Gasteiger partial charge in [-0.25, -0.2) is 0 Å². The number of rotatable bonds is 6. The Hall–Kier alpha value is -2.57. The predicted molar refractivity (Wildman–Crippen MR) is 118 cm³/mol. The van der Waals surface area contributed by atoms with Gasteiger partial charge in [0.2, 0.25) is 0 Å². The average Bonchev–Trinajstić information content (AvgIpc) is 3.16. The van der Waals surface area contributed by atoms with Crippen LogP contribution in [0.1, 0.15) is 27.3 Å². The fourth-order valence-electron chi connectivity index (χ4n) is 3.78. The van der Waals surface area contributed by atoms with Crippen molar-refractivity contribution in [1.29, 1.82) is 0 Å². The molecule has 0 unspecified atom stereocenters. The molecule has 29 heavy (non-hydrogen) atoms. The van der Waals surface area contributed by atoms with Gasteiger partial charge in [-0.1, -0.05) is 55.6 Å². The highest BCUT2D eigenvalue weighted by molar-refractivity contribution is 8.02. The molecule has 1 aromatic carbocycles. The van der Waals surface area contributed by atoms with Gasteiger partial charge in [-0.05, 0) is 12.0 Å². The number of morpholine rings is 1. The first-order chi connectivity index (χ1) is 14.2. The highest BCUT2D eigenvalue weighted by Gasteiger charge is 2.31. The Balaban J connectivity index is 1.73. The van der Waals surface area contributed by atoms with E-state index in [0.717, 1.165) is 28.2 Å². The van der Waals surface area contributed by atoms with Crippen LogP contribution in [-0.4, -0.2) is 46.9 Å². The van der Waals surface area contributed by atoms with E-state index in [-0.39, 0.29) is 5.91 Å². The second-order valence-electron chi connectivity index (χ2n) is 7.01. The Kier molecular flexibility index (Phi) is 6.02. The number of aromatic nitrogens is 2. The van der Waals surface area contributed by atoms with Gasteiger partial charge < -0.3 is 9.64 Å². The van der Waals surface area contributed by atoms with E-state index >= 15 is 0 Å². The monoisotopic (exact) mass is 407 g/mol. The van der Waals surface area contributed by atoms with Gasteiger partial charge in [-0.2, -0.15) is 5.10 Å². The molecule has 0 atom stereocenters. The first kappa shape index (κ1) is 19.7. The highest BCUT2D eigenvalue weighted by atomic mass is 32.2. The normalized spacial score (nSPS) is 16.5. The molecule has 0 radical (unpaired) electrons. The maximum atomic E-state index is 13.2. The number of allylic oxidation sites excluding steroid dienone is 3. The molecule has 1 saturated heterocycles. The van der Waals surface area contributed by atoms with Crippen LogP contribution in [0.15, 0.2) is 60.5 Å². The summed E-state index contributed by atoms with van der Waals surface area (Å²) in [7, 11) is 0. The van der Waals surface area contributed by atoms with Crippen LogP contribution in [0.2, 0.25) is 0 Å². The molecule has 1 aromatic heterocycles. The molecule has 2 aliphatic rings. The second-order valence-corrected chi connectivity index (χ2v) is 8.03. The molecule has 0 N–H and O–H groups in total. The number of carbonyl (C=O) groups is 1. The highest BCUT2D eigenvalue weighted by Crippen LogP contribution is 2.40. The number of aryl methyl sites for hydroxylation is 2. The minimum absolute atomic E-state index is 0.00548. The van der Waals surface area contributed by atoms with Gasteiger partial charge in [0.1, 0.15) is 0 Å². The van der Waals surface area contributed by atoms with Crippen LogP contribution >= 0.6 is 11.8 Å². The first-order valence-corrected chi connectivity index (χ1v) is 10.8. The number of fused-ring (bicyclic) bond motifs is 1. The van der Waals surface area contributed by atoms with Crippen LogP contribution in [0.4, 0.5) is 0 Å². The number of ether oxygens (including phenoxy) is 1. The third-order valence-electron chi connectivity index (χ3n) is 5.29. The summed E-state index contributed by atoms with van der Waals surface area (Å²) in [6.45, 7) is 11.0. The fourth-order valence-corrected chi connectivity index (χ4v) is 4.80. The van der Waals surface area contributed by atoms with E-state index < -0.39 is 0 Å². The summed E-state index contributed by atoms with van der Waals surface area (Å²) in [5.41, 5.74) is 4.81. The van der Waals surface area contributed by atoms with Crippen molar-refractivity contribution in [3.63, 3.8) is 0 Å². The standard InChI is InChI=1S/C23H25N3O2S/c1-3-18-20(4-2)29-16-19-21(23(27)25-12-14-28-15-13-25)24-26(22(18)19)11-10-17-8-6-5-7-9-17/h3-9H,1-2,10-16H2. The first-order valence-electron chi connectivity index (χ1n) is 9.86. The lowest BCUT2D eigenvalue weighted by molar-refractivity contribution is 0.0298. The molecule has 0 aliphatic carbocycles. The van der Waals surface area contributed by atoms with E-state index in [4.69, 9.17) is 9.84 Å². The summed E-state index contributed by atoms with van der Waals surface area (Å²) in [5, 5.41) is 4.80. The van der Waals surface area contributed by atoms with E-state index in [1.165, 1.54) is 5.56 Å². The van der Waals surface area contributed by atoms with Gasteiger partial charge in [0.25, 0.3) is 5.91 Å². The molecular weight excluding hydrogens is 382 g/mol. The summed E-state index contributed by atoms with van der Waals surface area (Å²) in [6, 6.07) is 10.3. The number of carbonyl (C=O) groups excluding carboxylic acids is 1. The number of thioether (sulfide) groups is 1. The smallest absolute Gasteiger partial charge is 0.274 e. The van der Waals surface area contributed by atoms with Crippen molar-refractivity contribution in [2.75, 3.05) is 26.3 Å². The van der Waals surface area contributed by atoms with Crippen LogP contribution in [-0.2, 0) is 23.5 Å². The Morgan fingerprint density at radius 3 is 2.62 bits per heavy atom. The Morgan fingerprint density at radius 2 is 1.93 bits per heavy atom. The van der Waals surface area contributed by atoms with E-state index in [1.54, 1.807) is 11.8 Å². The molecule has 1 amide bonds. The maximum absolute atomic E-state index is 13.2. The van der Waals surface area contributed by atoms with Gasteiger partial charge in [0, 0.05) is 41.4 Å². The summed E-state index contributed by atoms with van der Waals surface area (Å²) >= 11 is 1.69. The number of hydrogen-bond donors (Lipinski definition) is 0. The Morgan fingerprint density at radius 1 is 1.17 bits per heavy atom. The van der Waals surface area contributed by atoms with Gasteiger partial charge in [-0.15, -0.1) is 11.8 Å². The summed E-state index contributed by atoms with van der Waals surface area (Å²) in [4.78, 5) is 16.2. The zero-order valence-corrected chi connectivity index (χ0v) is 17.3. The lowest BCUT2D eigenvalue weighted by Crippen LogP contribution is -2.41. The number of benzene rings is 1. The zero-order chi connectivity index (χ0) is 20.2. The molecule has 5 nitrogen and oxygen atoms in total. The molecule has 0 spiro atoms. The molecule has 6 heteroatoms. The van der Waals surface area contributed by atoms with Crippen LogP contribution in [0.5, 0.6) is 0 Å². The van der Waals surface area contributed by atoms with Crippen molar-refractivity contribution in [3.8, 4) is 0 Å². The molecule has 2 aromatic rings. The summed E-state index contributed by atoms with van der Waals surface area (Å²) in [5.74, 6) is 0.708. The lowest BCUT2D eigenvalue weighted by Gasteiger charge is -2.26. The molecule has 0 saturated carbocycles. The third kappa shape index (κ3) is 3.95. The molecular formula is C23H25N3O2S. The van der Waals surface area contributed by atoms with Crippen LogP contribution < -0.4 is 0 Å². The quantitative estimate of drug-likeness (QED) is 0.728. The average molecular weight is 408 g/mol. The van der Waals surface area contributed by atoms with Crippen molar-refractivity contribution < 1.29 is 9.53 Å². The van der Waals surface area contributed by atoms with Crippen LogP contribution in [0.3, 0.4) is 0 Å². The zero-order valence-electron chi connectivity index (χ0n) is 16.5. The number of hydrogen-bond acceptors (Lipinski definition) is 4. The van der Waals surface area contributed by atoms with Crippen molar-refractivity contribution in [1.82, 2.24) is 14.7 Å². The van der Waals surface area contributed by atoms with Gasteiger partial charge >= 0.3 is 0 Å². The Labute approximate surface area is 175 Å². The molecule has 150 valence electrons. The SMILES string of the molecule is C=CC1=C(C=C)c2c(c(C(=O)N3CCOCC3)nn2CCc2ccccc2)CS1. The van der Waals surface area contributed by atoms with Gasteiger partial charge in [-0.3, -0.25) is 9.48 Å². The maximum Gasteiger partial charge on any atom is 0.274 e. The minimum Gasteiger partial charge on any atom is -0.378 e. The fraction of sp³-hybridized carbons (Fsp3) is 0.304. The minimum atomic E-state index is -0.00548. The number of nitrogens with zero attached hydrogens (tertiary/aromatic N) is 3. The lowest BCUT2D eigenvalue weighted by atomic mass is 10.0. The largest absolute Gasteiger partial charge is 0.378 e. The molecule has 2 aliphatic heterocycles. The van der Waals surface area contributed by atoms with E-state index in [2.05, 4.69) is 25.3 Å².